The Balaban J connectivity index is 2.50. The number of carbonyl (C=O) groups is 1. The molecule has 0 aromatic carbocycles. The third-order valence-electron chi connectivity index (χ3n) is 2.56. The van der Waals surface area contributed by atoms with E-state index in [9.17, 15) is 4.79 Å². The Labute approximate surface area is 111 Å². The molecule has 0 amide bonds. The zero-order chi connectivity index (χ0) is 14.0. The van der Waals surface area contributed by atoms with Crippen LogP contribution in [-0.2, 0) is 4.74 Å². The number of furan rings is 1. The molecule has 0 spiro atoms. The van der Waals surface area contributed by atoms with Gasteiger partial charge in [-0.2, -0.15) is 0 Å². The number of aromatic nitrogens is 2. The number of carbonyl (C=O) groups excluding carboxylic acids is 1. The van der Waals surface area contributed by atoms with E-state index in [0.717, 1.165) is 5.76 Å². The topological polar surface area (TPSA) is 68.5 Å². The number of ether oxygens (including phenoxy) is 1. The van der Waals surface area contributed by atoms with Crippen molar-refractivity contribution in [3.8, 4) is 11.6 Å². The molecule has 0 unspecified atom stereocenters. The van der Waals surface area contributed by atoms with Crippen molar-refractivity contribution in [1.82, 2.24) is 9.97 Å². The Bertz CT molecular complexity index is 605. The lowest BCUT2D eigenvalue weighted by molar-refractivity contribution is 0.0600. The first-order valence-corrected chi connectivity index (χ1v) is 5.72. The van der Waals surface area contributed by atoms with E-state index >= 15 is 0 Å². The number of hydrogen-bond acceptors (Lipinski definition) is 6. The van der Waals surface area contributed by atoms with Crippen molar-refractivity contribution in [1.29, 1.82) is 0 Å². The lowest BCUT2D eigenvalue weighted by Crippen LogP contribution is -2.17. The average molecular weight is 261 g/mol. The molecular formula is C13H15N3O3. The maximum atomic E-state index is 11.6. The van der Waals surface area contributed by atoms with Gasteiger partial charge in [0.1, 0.15) is 17.1 Å². The molecular weight excluding hydrogens is 246 g/mol. The highest BCUT2D eigenvalue weighted by molar-refractivity contribution is 5.94. The molecule has 0 atom stereocenters. The van der Waals surface area contributed by atoms with Gasteiger partial charge >= 0.3 is 5.97 Å². The monoisotopic (exact) mass is 261 g/mol. The minimum Gasteiger partial charge on any atom is -0.465 e. The summed E-state index contributed by atoms with van der Waals surface area (Å²) in [5, 5.41) is 0. The summed E-state index contributed by atoms with van der Waals surface area (Å²) in [7, 11) is 4.92. The molecule has 0 radical (unpaired) electrons. The number of rotatable bonds is 3. The summed E-state index contributed by atoms with van der Waals surface area (Å²) in [5.41, 5.74) is 0.319. The number of methoxy groups -OCH3 is 1. The van der Waals surface area contributed by atoms with Gasteiger partial charge in [-0.05, 0) is 19.1 Å². The van der Waals surface area contributed by atoms with Gasteiger partial charge in [0.05, 0.1) is 7.11 Å². The number of aryl methyl sites for hydroxylation is 1. The lowest BCUT2D eigenvalue weighted by Gasteiger charge is -2.15. The molecule has 2 aromatic rings. The summed E-state index contributed by atoms with van der Waals surface area (Å²) in [4.78, 5) is 21.9. The van der Waals surface area contributed by atoms with Crippen LogP contribution < -0.4 is 4.90 Å². The fourth-order valence-corrected chi connectivity index (χ4v) is 1.64. The molecule has 0 aliphatic carbocycles. The normalized spacial score (nSPS) is 10.3. The van der Waals surface area contributed by atoms with Crippen LogP contribution in [0.25, 0.3) is 11.6 Å². The van der Waals surface area contributed by atoms with Crippen molar-refractivity contribution in [2.75, 3.05) is 26.1 Å². The minimum absolute atomic E-state index is 0.319. The Hall–Kier alpha value is -2.37. The van der Waals surface area contributed by atoms with E-state index in [4.69, 9.17) is 9.15 Å². The standard InChI is InChI=1S/C13H15N3O3/c1-8-5-6-10(19-8)11-14-7-9(13(17)18-4)12(15-11)16(2)3/h5-7H,1-4H3. The van der Waals surface area contributed by atoms with Crippen LogP contribution in [-0.4, -0.2) is 37.1 Å². The number of anilines is 1. The second-order valence-corrected chi connectivity index (χ2v) is 4.23. The first-order chi connectivity index (χ1) is 9.02. The van der Waals surface area contributed by atoms with Gasteiger partial charge in [0, 0.05) is 20.3 Å². The van der Waals surface area contributed by atoms with Gasteiger partial charge in [-0.3, -0.25) is 0 Å². The predicted octanol–water partition coefficient (Wildman–Crippen LogP) is 1.90. The zero-order valence-electron chi connectivity index (χ0n) is 11.3. The second kappa shape index (κ2) is 5.09. The molecule has 0 saturated carbocycles. The fourth-order valence-electron chi connectivity index (χ4n) is 1.64. The largest absolute Gasteiger partial charge is 0.465 e. The van der Waals surface area contributed by atoms with Gasteiger partial charge in [0.25, 0.3) is 0 Å². The van der Waals surface area contributed by atoms with Crippen molar-refractivity contribution >= 4 is 11.8 Å². The molecule has 0 N–H and O–H groups in total. The highest BCUT2D eigenvalue weighted by Crippen LogP contribution is 2.23. The van der Waals surface area contributed by atoms with Crippen molar-refractivity contribution < 1.29 is 13.9 Å². The van der Waals surface area contributed by atoms with Crippen molar-refractivity contribution in [2.24, 2.45) is 0 Å². The Morgan fingerprint density at radius 2 is 2.11 bits per heavy atom. The molecule has 6 nitrogen and oxygen atoms in total. The summed E-state index contributed by atoms with van der Waals surface area (Å²) in [6.45, 7) is 1.85. The first-order valence-electron chi connectivity index (χ1n) is 5.72. The van der Waals surface area contributed by atoms with Gasteiger partial charge in [0.2, 0.25) is 0 Å². The molecule has 2 aromatic heterocycles. The summed E-state index contributed by atoms with van der Waals surface area (Å²) >= 11 is 0. The Kier molecular flexibility index (Phi) is 3.50. The number of nitrogens with zero attached hydrogens (tertiary/aromatic N) is 3. The van der Waals surface area contributed by atoms with Crippen LogP contribution in [0.1, 0.15) is 16.1 Å². The molecule has 100 valence electrons. The van der Waals surface area contributed by atoms with Gasteiger partial charge < -0.3 is 14.1 Å². The molecule has 2 heterocycles. The van der Waals surface area contributed by atoms with Crippen LogP contribution in [0.3, 0.4) is 0 Å². The van der Waals surface area contributed by atoms with Crippen molar-refractivity contribution in [3.05, 3.63) is 29.7 Å². The maximum absolute atomic E-state index is 11.6. The lowest BCUT2D eigenvalue weighted by atomic mass is 10.3. The average Bonchev–Trinajstić information content (AvgIpc) is 2.83. The zero-order valence-corrected chi connectivity index (χ0v) is 11.3. The molecule has 2 rings (SSSR count). The fraction of sp³-hybridized carbons (Fsp3) is 0.308. The molecule has 19 heavy (non-hydrogen) atoms. The number of hydrogen-bond donors (Lipinski definition) is 0. The van der Waals surface area contributed by atoms with E-state index in [1.807, 2.05) is 13.0 Å². The smallest absolute Gasteiger partial charge is 0.343 e. The van der Waals surface area contributed by atoms with Gasteiger partial charge in [-0.25, -0.2) is 14.8 Å². The first kappa shape index (κ1) is 13.1. The van der Waals surface area contributed by atoms with Crippen molar-refractivity contribution in [2.45, 2.75) is 6.92 Å². The summed E-state index contributed by atoms with van der Waals surface area (Å²) in [5.74, 6) is 1.81. The van der Waals surface area contributed by atoms with Crippen LogP contribution in [0.15, 0.2) is 22.7 Å². The van der Waals surface area contributed by atoms with E-state index in [1.165, 1.54) is 13.3 Å². The molecule has 0 saturated heterocycles. The van der Waals surface area contributed by atoms with E-state index in [0.29, 0.717) is 23.0 Å². The molecule has 0 aliphatic rings. The van der Waals surface area contributed by atoms with Crippen LogP contribution in [0.4, 0.5) is 5.82 Å². The molecule has 0 fully saturated rings. The second-order valence-electron chi connectivity index (χ2n) is 4.23. The van der Waals surface area contributed by atoms with E-state index in [1.54, 1.807) is 25.1 Å². The minimum atomic E-state index is -0.467. The van der Waals surface area contributed by atoms with Gasteiger partial charge in [-0.1, -0.05) is 0 Å². The van der Waals surface area contributed by atoms with Crippen LogP contribution >= 0.6 is 0 Å². The van der Waals surface area contributed by atoms with Gasteiger partial charge in [-0.15, -0.1) is 0 Å². The van der Waals surface area contributed by atoms with Crippen LogP contribution in [0, 0.1) is 6.92 Å². The number of esters is 1. The summed E-state index contributed by atoms with van der Waals surface area (Å²) in [6, 6.07) is 3.63. The van der Waals surface area contributed by atoms with E-state index in [2.05, 4.69) is 9.97 Å². The molecule has 0 aliphatic heterocycles. The third-order valence-corrected chi connectivity index (χ3v) is 2.56. The van der Waals surface area contributed by atoms with Crippen LogP contribution in [0.5, 0.6) is 0 Å². The van der Waals surface area contributed by atoms with Crippen LogP contribution in [0.2, 0.25) is 0 Å². The van der Waals surface area contributed by atoms with Crippen molar-refractivity contribution in [3.63, 3.8) is 0 Å². The van der Waals surface area contributed by atoms with Gasteiger partial charge in [0.15, 0.2) is 11.6 Å². The molecule has 0 bridgehead atoms. The third kappa shape index (κ3) is 2.57. The predicted molar refractivity (Wildman–Crippen MR) is 70.1 cm³/mol. The van der Waals surface area contributed by atoms with E-state index < -0.39 is 5.97 Å². The SMILES string of the molecule is COC(=O)c1cnc(-c2ccc(C)o2)nc1N(C)C. The maximum Gasteiger partial charge on any atom is 0.343 e. The summed E-state index contributed by atoms with van der Waals surface area (Å²) in [6.07, 6.45) is 1.45. The highest BCUT2D eigenvalue weighted by atomic mass is 16.5. The summed E-state index contributed by atoms with van der Waals surface area (Å²) < 4.78 is 10.2. The Morgan fingerprint density at radius 1 is 1.37 bits per heavy atom. The molecule has 6 heteroatoms. The van der Waals surface area contributed by atoms with E-state index in [-0.39, 0.29) is 0 Å². The Morgan fingerprint density at radius 3 is 2.63 bits per heavy atom. The highest BCUT2D eigenvalue weighted by Gasteiger charge is 2.18. The quantitative estimate of drug-likeness (QED) is 0.786.